The van der Waals surface area contributed by atoms with Crippen molar-refractivity contribution in [2.45, 2.75) is 65.3 Å². The van der Waals surface area contributed by atoms with Crippen LogP contribution >= 0.6 is 0 Å². The molecule has 1 aliphatic rings. The lowest BCUT2D eigenvalue weighted by Crippen LogP contribution is -2.48. The maximum Gasteiger partial charge on any atom is 0.167 e. The number of phenolic OH excluding ortho intramolecular Hbond substituents is 1. The summed E-state index contributed by atoms with van der Waals surface area (Å²) in [5.74, 6) is 1.98. The summed E-state index contributed by atoms with van der Waals surface area (Å²) >= 11 is 0. The van der Waals surface area contributed by atoms with Gasteiger partial charge in [-0.05, 0) is 36.8 Å². The minimum atomic E-state index is -0.428. The van der Waals surface area contributed by atoms with Crippen LogP contribution in [-0.4, -0.2) is 58.2 Å². The first-order chi connectivity index (χ1) is 14.3. The summed E-state index contributed by atoms with van der Waals surface area (Å²) in [5.41, 5.74) is 1.62. The summed E-state index contributed by atoms with van der Waals surface area (Å²) in [6.07, 6.45) is 1.60. The Morgan fingerprint density at radius 3 is 2.50 bits per heavy atom. The van der Waals surface area contributed by atoms with Gasteiger partial charge in [-0.15, -0.1) is 0 Å². The first-order valence-corrected chi connectivity index (χ1v) is 11.1. The second-order valence-electron chi connectivity index (χ2n) is 9.38. The third-order valence-corrected chi connectivity index (χ3v) is 5.39. The van der Waals surface area contributed by atoms with Gasteiger partial charge in [0.1, 0.15) is 5.75 Å². The van der Waals surface area contributed by atoms with E-state index in [2.05, 4.69) is 37.8 Å². The van der Waals surface area contributed by atoms with Gasteiger partial charge in [-0.2, -0.15) is 0 Å². The van der Waals surface area contributed by atoms with Crippen LogP contribution in [-0.2, 0) is 11.2 Å². The number of rotatable bonds is 9. The van der Waals surface area contributed by atoms with Gasteiger partial charge in [0, 0.05) is 37.7 Å². The van der Waals surface area contributed by atoms with E-state index in [1.807, 2.05) is 12.1 Å². The smallest absolute Gasteiger partial charge is 0.167 e. The van der Waals surface area contributed by atoms with Gasteiger partial charge in [-0.1, -0.05) is 45.0 Å². The second-order valence-corrected chi connectivity index (χ2v) is 9.38. The van der Waals surface area contributed by atoms with Crippen molar-refractivity contribution >= 4 is 0 Å². The zero-order valence-electron chi connectivity index (χ0n) is 18.6. The average molecular weight is 417 g/mol. The Morgan fingerprint density at radius 1 is 1.10 bits per heavy atom. The number of aliphatic hydroxyl groups is 1. The van der Waals surface area contributed by atoms with Crippen molar-refractivity contribution in [2.75, 3.05) is 19.6 Å². The van der Waals surface area contributed by atoms with Crippen molar-refractivity contribution in [3.63, 3.8) is 0 Å². The molecule has 1 aliphatic heterocycles. The van der Waals surface area contributed by atoms with Crippen molar-refractivity contribution in [1.29, 1.82) is 0 Å². The highest BCUT2D eigenvalue weighted by atomic mass is 16.5. The van der Waals surface area contributed by atoms with Gasteiger partial charge >= 0.3 is 0 Å². The van der Waals surface area contributed by atoms with E-state index in [9.17, 15) is 10.2 Å². The van der Waals surface area contributed by atoms with Crippen molar-refractivity contribution in [3.8, 4) is 17.1 Å². The van der Waals surface area contributed by atoms with Gasteiger partial charge in [-0.25, -0.2) is 0 Å². The molecule has 30 heavy (non-hydrogen) atoms. The molecule has 2 aromatic rings. The van der Waals surface area contributed by atoms with Crippen LogP contribution < -0.4 is 0 Å². The van der Waals surface area contributed by atoms with E-state index in [1.54, 1.807) is 18.2 Å². The molecule has 3 rings (SSSR count). The van der Waals surface area contributed by atoms with Crippen molar-refractivity contribution in [1.82, 2.24) is 10.1 Å². The molecule has 0 spiro atoms. The number of nitrogens with zero attached hydrogens (tertiary/aromatic N) is 2. The maximum atomic E-state index is 10.5. The molecule has 1 saturated heterocycles. The van der Waals surface area contributed by atoms with Crippen molar-refractivity contribution < 1.29 is 19.5 Å². The zero-order valence-corrected chi connectivity index (χ0v) is 18.6. The Morgan fingerprint density at radius 2 is 1.83 bits per heavy atom. The minimum Gasteiger partial charge on any atom is -0.508 e. The molecule has 1 fully saturated rings. The maximum absolute atomic E-state index is 10.5. The van der Waals surface area contributed by atoms with E-state index in [-0.39, 0.29) is 18.0 Å². The van der Waals surface area contributed by atoms with Gasteiger partial charge in [0.05, 0.1) is 24.0 Å². The summed E-state index contributed by atoms with van der Waals surface area (Å²) in [5, 5.41) is 24.4. The van der Waals surface area contributed by atoms with Crippen LogP contribution in [0.4, 0.5) is 0 Å². The SMILES string of the molecule is CC(C)CN(CC(C)C)C[C@H]1O[C@H](Cc2cc(-c3cccc(O)c3)on2)CC[C@@H]1O. The molecule has 1 aromatic carbocycles. The van der Waals surface area contributed by atoms with Crippen LogP contribution in [0.1, 0.15) is 46.2 Å². The van der Waals surface area contributed by atoms with Gasteiger partial charge in [0.2, 0.25) is 0 Å². The fourth-order valence-corrected chi connectivity index (χ4v) is 4.21. The lowest BCUT2D eigenvalue weighted by Gasteiger charge is -2.37. The van der Waals surface area contributed by atoms with Crippen molar-refractivity contribution in [2.24, 2.45) is 11.8 Å². The number of ether oxygens (including phenoxy) is 1. The molecule has 0 bridgehead atoms. The molecular weight excluding hydrogens is 380 g/mol. The standard InChI is InChI=1S/C24H36N2O4/c1-16(2)13-26(14-17(3)4)15-24-22(28)9-8-21(29-24)11-19-12-23(30-25-19)18-6-5-7-20(27)10-18/h5-7,10,12,16-17,21-22,24,27-28H,8-9,11,13-15H2,1-4H3/t21-,22-,24+/m0/s1. The van der Waals surface area contributed by atoms with Crippen LogP contribution in [0.5, 0.6) is 5.75 Å². The first kappa shape index (κ1) is 22.8. The van der Waals surface area contributed by atoms with Gasteiger partial charge in [0.15, 0.2) is 5.76 Å². The molecule has 1 aromatic heterocycles. The molecule has 0 aliphatic carbocycles. The Kier molecular flexibility index (Phi) is 7.92. The lowest BCUT2D eigenvalue weighted by atomic mass is 9.97. The minimum absolute atomic E-state index is 0.0143. The Labute approximate surface area is 179 Å². The highest BCUT2D eigenvalue weighted by Crippen LogP contribution is 2.27. The number of hydrogen-bond acceptors (Lipinski definition) is 6. The summed E-state index contributed by atoms with van der Waals surface area (Å²) in [6.45, 7) is 11.7. The summed E-state index contributed by atoms with van der Waals surface area (Å²) in [4.78, 5) is 2.42. The summed E-state index contributed by atoms with van der Waals surface area (Å²) < 4.78 is 11.8. The number of aliphatic hydroxyl groups excluding tert-OH is 1. The molecule has 0 amide bonds. The summed E-state index contributed by atoms with van der Waals surface area (Å²) in [7, 11) is 0. The van der Waals surface area contributed by atoms with Crippen LogP contribution in [0.3, 0.4) is 0 Å². The fourth-order valence-electron chi connectivity index (χ4n) is 4.21. The van der Waals surface area contributed by atoms with E-state index < -0.39 is 6.10 Å². The Hall–Kier alpha value is -1.89. The molecule has 6 heteroatoms. The van der Waals surface area contributed by atoms with E-state index in [0.717, 1.165) is 43.7 Å². The molecule has 0 unspecified atom stereocenters. The number of aromatic nitrogens is 1. The molecule has 0 saturated carbocycles. The van der Waals surface area contributed by atoms with Gasteiger partial charge in [-0.3, -0.25) is 0 Å². The highest BCUT2D eigenvalue weighted by Gasteiger charge is 2.32. The van der Waals surface area contributed by atoms with Gasteiger partial charge in [0.25, 0.3) is 0 Å². The molecular formula is C24H36N2O4. The quantitative estimate of drug-likeness (QED) is 0.640. The molecule has 166 valence electrons. The monoisotopic (exact) mass is 416 g/mol. The van der Waals surface area contributed by atoms with E-state index in [4.69, 9.17) is 9.26 Å². The number of benzene rings is 1. The van der Waals surface area contributed by atoms with E-state index >= 15 is 0 Å². The van der Waals surface area contributed by atoms with Crippen LogP contribution in [0, 0.1) is 11.8 Å². The third-order valence-electron chi connectivity index (χ3n) is 5.39. The van der Waals surface area contributed by atoms with Crippen molar-refractivity contribution in [3.05, 3.63) is 36.0 Å². The Balaban J connectivity index is 1.61. The topological polar surface area (TPSA) is 79.0 Å². The van der Waals surface area contributed by atoms with Crippen LogP contribution in [0.15, 0.2) is 34.9 Å². The summed E-state index contributed by atoms with van der Waals surface area (Å²) in [6, 6.07) is 8.85. The number of phenols is 1. The first-order valence-electron chi connectivity index (χ1n) is 11.1. The van der Waals surface area contributed by atoms with Crippen LogP contribution in [0.25, 0.3) is 11.3 Å². The average Bonchev–Trinajstić information content (AvgIpc) is 3.12. The second kappa shape index (κ2) is 10.4. The predicted molar refractivity (Wildman–Crippen MR) is 117 cm³/mol. The molecule has 6 nitrogen and oxygen atoms in total. The fraction of sp³-hybridized carbons (Fsp3) is 0.625. The number of aromatic hydroxyl groups is 1. The zero-order chi connectivity index (χ0) is 21.7. The molecule has 2 heterocycles. The largest absolute Gasteiger partial charge is 0.508 e. The lowest BCUT2D eigenvalue weighted by molar-refractivity contribution is -0.127. The Bertz CT molecular complexity index is 779. The normalized spacial score (nSPS) is 22.3. The highest BCUT2D eigenvalue weighted by molar-refractivity contribution is 5.59. The third kappa shape index (κ3) is 6.56. The molecule has 0 radical (unpaired) electrons. The van der Waals surface area contributed by atoms with Crippen LogP contribution in [0.2, 0.25) is 0 Å². The molecule has 2 N–H and O–H groups in total. The van der Waals surface area contributed by atoms with Gasteiger partial charge < -0.3 is 24.4 Å². The van der Waals surface area contributed by atoms with E-state index in [0.29, 0.717) is 24.0 Å². The molecule has 3 atom stereocenters. The van der Waals surface area contributed by atoms with E-state index in [1.165, 1.54) is 0 Å². The predicted octanol–water partition coefficient (Wildman–Crippen LogP) is 4.11. The number of hydrogen-bond donors (Lipinski definition) is 2.